The molecule has 0 bridgehead atoms. The topological polar surface area (TPSA) is 15.3 Å². The van der Waals surface area contributed by atoms with Crippen molar-refractivity contribution in [1.29, 1.82) is 0 Å². The van der Waals surface area contributed by atoms with Gasteiger partial charge in [-0.15, -0.1) is 0 Å². The summed E-state index contributed by atoms with van der Waals surface area (Å²) < 4.78 is 1.02. The SMILES string of the molecule is Clc1cc(Br)ccc1CN1CCCNc2ccccc21. The van der Waals surface area contributed by atoms with Crippen molar-refractivity contribution in [3.05, 3.63) is 57.5 Å². The lowest BCUT2D eigenvalue weighted by Crippen LogP contribution is -2.23. The number of nitrogens with zero attached hydrogens (tertiary/aromatic N) is 1. The lowest BCUT2D eigenvalue weighted by atomic mass is 10.2. The van der Waals surface area contributed by atoms with Crippen LogP contribution in [-0.4, -0.2) is 13.1 Å². The Morgan fingerprint density at radius 2 is 2.05 bits per heavy atom. The van der Waals surface area contributed by atoms with E-state index in [0.717, 1.165) is 41.1 Å². The number of hydrogen-bond donors (Lipinski definition) is 1. The molecule has 2 aromatic rings. The summed E-state index contributed by atoms with van der Waals surface area (Å²) in [6, 6.07) is 14.6. The average molecular weight is 352 g/mol. The van der Waals surface area contributed by atoms with Gasteiger partial charge in [0, 0.05) is 29.1 Å². The summed E-state index contributed by atoms with van der Waals surface area (Å²) >= 11 is 9.80. The van der Waals surface area contributed by atoms with Crippen LogP contribution in [0.3, 0.4) is 0 Å². The van der Waals surface area contributed by atoms with Gasteiger partial charge < -0.3 is 10.2 Å². The molecule has 4 heteroatoms. The van der Waals surface area contributed by atoms with Crippen LogP contribution < -0.4 is 10.2 Å². The van der Waals surface area contributed by atoms with E-state index in [9.17, 15) is 0 Å². The maximum atomic E-state index is 6.34. The van der Waals surface area contributed by atoms with Gasteiger partial charge in [0.1, 0.15) is 0 Å². The standard InChI is InChI=1S/C16H16BrClN2/c17-13-7-6-12(14(18)10-13)11-20-9-3-8-19-15-4-1-2-5-16(15)20/h1-2,4-7,10,19H,3,8-9,11H2. The van der Waals surface area contributed by atoms with E-state index in [4.69, 9.17) is 11.6 Å². The molecule has 2 nitrogen and oxygen atoms in total. The number of anilines is 2. The van der Waals surface area contributed by atoms with E-state index in [2.05, 4.69) is 56.5 Å². The molecule has 0 spiro atoms. The maximum absolute atomic E-state index is 6.34. The normalized spacial score (nSPS) is 14.4. The van der Waals surface area contributed by atoms with E-state index in [1.165, 1.54) is 11.4 Å². The minimum Gasteiger partial charge on any atom is -0.383 e. The molecule has 0 radical (unpaired) electrons. The molecule has 2 aromatic carbocycles. The van der Waals surface area contributed by atoms with Crippen molar-refractivity contribution in [1.82, 2.24) is 0 Å². The van der Waals surface area contributed by atoms with Gasteiger partial charge in [0.25, 0.3) is 0 Å². The monoisotopic (exact) mass is 350 g/mol. The molecule has 104 valence electrons. The van der Waals surface area contributed by atoms with Crippen LogP contribution in [0.5, 0.6) is 0 Å². The number of nitrogens with one attached hydrogen (secondary N) is 1. The summed E-state index contributed by atoms with van der Waals surface area (Å²) in [5.74, 6) is 0. The van der Waals surface area contributed by atoms with Gasteiger partial charge in [-0.2, -0.15) is 0 Å². The van der Waals surface area contributed by atoms with Gasteiger partial charge >= 0.3 is 0 Å². The largest absolute Gasteiger partial charge is 0.383 e. The Morgan fingerprint density at radius 1 is 1.20 bits per heavy atom. The van der Waals surface area contributed by atoms with Crippen LogP contribution in [0.2, 0.25) is 5.02 Å². The van der Waals surface area contributed by atoms with Crippen LogP contribution in [-0.2, 0) is 6.54 Å². The zero-order valence-electron chi connectivity index (χ0n) is 11.1. The highest BCUT2D eigenvalue weighted by Gasteiger charge is 2.15. The molecule has 1 heterocycles. The highest BCUT2D eigenvalue weighted by molar-refractivity contribution is 9.10. The number of halogens is 2. The molecule has 1 aliphatic rings. The molecule has 0 fully saturated rings. The van der Waals surface area contributed by atoms with Crippen molar-refractivity contribution in [3.8, 4) is 0 Å². The van der Waals surface area contributed by atoms with Crippen LogP contribution >= 0.6 is 27.5 Å². The fourth-order valence-electron chi connectivity index (χ4n) is 2.53. The second-order valence-corrected chi connectivity index (χ2v) is 6.28. The van der Waals surface area contributed by atoms with Gasteiger partial charge in [0.2, 0.25) is 0 Å². The summed E-state index contributed by atoms with van der Waals surface area (Å²) in [5.41, 5.74) is 3.62. The Kier molecular flexibility index (Phi) is 4.18. The number of rotatable bonds is 2. The summed E-state index contributed by atoms with van der Waals surface area (Å²) in [6.07, 6.45) is 1.13. The Labute approximate surface area is 132 Å². The second-order valence-electron chi connectivity index (χ2n) is 4.95. The molecule has 1 N–H and O–H groups in total. The zero-order valence-corrected chi connectivity index (χ0v) is 13.4. The molecule has 1 aliphatic heterocycles. The van der Waals surface area contributed by atoms with Crippen molar-refractivity contribution in [2.45, 2.75) is 13.0 Å². The molecule has 0 unspecified atom stereocenters. The molecular weight excluding hydrogens is 336 g/mol. The van der Waals surface area contributed by atoms with Gasteiger partial charge in [-0.3, -0.25) is 0 Å². The summed E-state index contributed by atoms with van der Waals surface area (Å²) in [7, 11) is 0. The van der Waals surface area contributed by atoms with E-state index in [-0.39, 0.29) is 0 Å². The third-order valence-electron chi connectivity index (χ3n) is 3.54. The first kappa shape index (κ1) is 13.8. The number of fused-ring (bicyclic) bond motifs is 1. The summed E-state index contributed by atoms with van der Waals surface area (Å²) in [5, 5.41) is 4.30. The molecule has 20 heavy (non-hydrogen) atoms. The maximum Gasteiger partial charge on any atom is 0.0605 e. The van der Waals surface area contributed by atoms with Crippen LogP contribution in [0.1, 0.15) is 12.0 Å². The third kappa shape index (κ3) is 2.94. The molecule has 3 rings (SSSR count). The highest BCUT2D eigenvalue weighted by atomic mass is 79.9. The van der Waals surface area contributed by atoms with Crippen molar-refractivity contribution in [3.63, 3.8) is 0 Å². The Bertz CT molecular complexity index is 615. The Balaban J connectivity index is 1.90. The molecule has 0 aromatic heterocycles. The third-order valence-corrected chi connectivity index (χ3v) is 4.39. The first-order chi connectivity index (χ1) is 9.74. The Morgan fingerprint density at radius 3 is 2.90 bits per heavy atom. The number of benzene rings is 2. The van der Waals surface area contributed by atoms with Crippen molar-refractivity contribution in [2.75, 3.05) is 23.3 Å². The first-order valence-corrected chi connectivity index (χ1v) is 7.93. The molecule has 0 amide bonds. The van der Waals surface area contributed by atoms with E-state index < -0.39 is 0 Å². The predicted molar refractivity (Wildman–Crippen MR) is 89.8 cm³/mol. The number of hydrogen-bond acceptors (Lipinski definition) is 2. The van der Waals surface area contributed by atoms with Crippen molar-refractivity contribution < 1.29 is 0 Å². The first-order valence-electron chi connectivity index (χ1n) is 6.76. The zero-order chi connectivity index (χ0) is 13.9. The second kappa shape index (κ2) is 6.06. The fraction of sp³-hybridized carbons (Fsp3) is 0.250. The number of para-hydroxylation sites is 2. The van der Waals surface area contributed by atoms with E-state index in [1.54, 1.807) is 0 Å². The smallest absolute Gasteiger partial charge is 0.0605 e. The minimum atomic E-state index is 0.814. The Hall–Kier alpha value is -1.19. The van der Waals surface area contributed by atoms with Crippen LogP contribution in [0.15, 0.2) is 46.9 Å². The van der Waals surface area contributed by atoms with Crippen molar-refractivity contribution in [2.24, 2.45) is 0 Å². The van der Waals surface area contributed by atoms with Crippen molar-refractivity contribution >= 4 is 38.9 Å². The average Bonchev–Trinajstić information content (AvgIpc) is 2.65. The minimum absolute atomic E-state index is 0.814. The van der Waals surface area contributed by atoms with Gasteiger partial charge in [0.05, 0.1) is 11.4 Å². The van der Waals surface area contributed by atoms with Gasteiger partial charge in [0.15, 0.2) is 0 Å². The highest BCUT2D eigenvalue weighted by Crippen LogP contribution is 2.31. The van der Waals surface area contributed by atoms with Gasteiger partial charge in [-0.05, 0) is 36.2 Å². The lowest BCUT2D eigenvalue weighted by molar-refractivity contribution is 0.764. The molecule has 0 saturated carbocycles. The van der Waals surface area contributed by atoms with Gasteiger partial charge in [-0.1, -0.05) is 45.7 Å². The molecule has 0 atom stereocenters. The van der Waals surface area contributed by atoms with Gasteiger partial charge in [-0.25, -0.2) is 0 Å². The quantitative estimate of drug-likeness (QED) is 0.825. The van der Waals surface area contributed by atoms with E-state index >= 15 is 0 Å². The van der Waals surface area contributed by atoms with Crippen LogP contribution in [0, 0.1) is 0 Å². The predicted octanol–water partition coefficient (Wildman–Crippen LogP) is 4.92. The van der Waals surface area contributed by atoms with Crippen LogP contribution in [0.25, 0.3) is 0 Å². The molecular formula is C16H16BrClN2. The van der Waals surface area contributed by atoms with Crippen LogP contribution in [0.4, 0.5) is 11.4 Å². The summed E-state index contributed by atoms with van der Waals surface area (Å²) in [6.45, 7) is 2.89. The lowest BCUT2D eigenvalue weighted by Gasteiger charge is -2.25. The molecule has 0 aliphatic carbocycles. The van der Waals surface area contributed by atoms with E-state index in [0.29, 0.717) is 0 Å². The van der Waals surface area contributed by atoms with E-state index in [1.807, 2.05) is 12.1 Å². The molecule has 0 saturated heterocycles. The summed E-state index contributed by atoms with van der Waals surface area (Å²) in [4.78, 5) is 2.39. The fourth-order valence-corrected chi connectivity index (χ4v) is 3.27.